The van der Waals surface area contributed by atoms with Crippen LogP contribution in [0.5, 0.6) is 0 Å². The van der Waals surface area contributed by atoms with Crippen molar-refractivity contribution >= 4 is 27.0 Å². The highest BCUT2D eigenvalue weighted by Crippen LogP contribution is 2.28. The van der Waals surface area contributed by atoms with Gasteiger partial charge in [0.15, 0.2) is 0 Å². The fourth-order valence-electron chi connectivity index (χ4n) is 7.30. The Hall–Kier alpha value is -1.79. The standard InChI is InChI=1S/C42H68F2O2Si2/c1-7-13-17-21-31-47(45-11-5,32-22-18-14-8-2)41-29-27-39(43)35-37(41)25-26-38-36-40(44)28-30-42(38)48(46-12-6,33-23-19-15-9-3)34-24-20-16-10-4/h27-30,35-36H,7-24,31-34H2,1-6H3. The van der Waals surface area contributed by atoms with Gasteiger partial charge in [0.25, 0.3) is 0 Å². The molecule has 2 nitrogen and oxygen atoms in total. The van der Waals surface area contributed by atoms with Gasteiger partial charge < -0.3 is 8.85 Å². The van der Waals surface area contributed by atoms with Gasteiger partial charge >= 0.3 is 0 Å². The van der Waals surface area contributed by atoms with Crippen molar-refractivity contribution in [3.05, 3.63) is 59.2 Å². The summed E-state index contributed by atoms with van der Waals surface area (Å²) >= 11 is 0. The number of halogens is 2. The Morgan fingerprint density at radius 3 is 1.04 bits per heavy atom. The molecule has 0 aliphatic heterocycles. The normalized spacial score (nSPS) is 11.9. The Bertz CT molecular complexity index is 1110. The van der Waals surface area contributed by atoms with Gasteiger partial charge in [-0.2, -0.15) is 0 Å². The molecule has 2 aromatic rings. The first-order valence-electron chi connectivity index (χ1n) is 19.7. The minimum absolute atomic E-state index is 0.288. The number of hydrogen-bond acceptors (Lipinski definition) is 2. The Balaban J connectivity index is 2.70. The first-order chi connectivity index (χ1) is 23.3. The van der Waals surface area contributed by atoms with Crippen LogP contribution < -0.4 is 10.4 Å². The Morgan fingerprint density at radius 1 is 0.458 bits per heavy atom. The molecule has 0 heterocycles. The molecule has 0 aliphatic rings. The summed E-state index contributed by atoms with van der Waals surface area (Å²) in [7, 11) is -4.92. The summed E-state index contributed by atoms with van der Waals surface area (Å²) in [6.45, 7) is 14.4. The molecule has 2 aromatic carbocycles. The Morgan fingerprint density at radius 2 is 0.771 bits per heavy atom. The van der Waals surface area contributed by atoms with Gasteiger partial charge in [0, 0.05) is 24.3 Å². The van der Waals surface area contributed by atoms with Crippen LogP contribution in [0, 0.1) is 23.5 Å². The lowest BCUT2D eigenvalue weighted by atomic mass is 10.1. The monoisotopic (exact) mass is 698 g/mol. The SMILES string of the molecule is CCCCCC[Si](CCCCCC)(OCC)c1ccc(F)cc1C#Cc1cc(F)ccc1[Si](CCCCCC)(CCCCCC)OCC. The minimum Gasteiger partial charge on any atom is -0.413 e. The lowest BCUT2D eigenvalue weighted by Crippen LogP contribution is -2.52. The van der Waals surface area contributed by atoms with E-state index in [1.807, 2.05) is 12.1 Å². The largest absolute Gasteiger partial charge is 0.413 e. The molecular formula is C42H68F2O2Si2. The maximum Gasteiger partial charge on any atom is 0.225 e. The molecule has 0 radical (unpaired) electrons. The molecule has 6 heteroatoms. The molecule has 48 heavy (non-hydrogen) atoms. The first-order valence-corrected chi connectivity index (χ1v) is 24.4. The number of hydrogen-bond donors (Lipinski definition) is 0. The summed E-state index contributed by atoms with van der Waals surface area (Å²) < 4.78 is 43.7. The molecule has 0 saturated carbocycles. The molecule has 0 aromatic heterocycles. The van der Waals surface area contributed by atoms with Crippen molar-refractivity contribution in [3.63, 3.8) is 0 Å². The maximum absolute atomic E-state index is 15.0. The van der Waals surface area contributed by atoms with Crippen molar-refractivity contribution in [1.29, 1.82) is 0 Å². The summed E-state index contributed by atoms with van der Waals surface area (Å²) in [6.07, 6.45) is 18.8. The summed E-state index contributed by atoms with van der Waals surface area (Å²) in [6, 6.07) is 14.4. The van der Waals surface area contributed by atoms with E-state index in [-0.39, 0.29) is 11.6 Å². The minimum atomic E-state index is -2.46. The molecule has 2 rings (SSSR count). The maximum atomic E-state index is 15.0. The second-order valence-corrected chi connectivity index (χ2v) is 21.4. The van der Waals surface area contributed by atoms with Crippen LogP contribution in [0.25, 0.3) is 0 Å². The van der Waals surface area contributed by atoms with Crippen LogP contribution in [0.3, 0.4) is 0 Å². The van der Waals surface area contributed by atoms with Crippen LogP contribution in [-0.2, 0) is 8.85 Å². The highest BCUT2D eigenvalue weighted by atomic mass is 28.4. The van der Waals surface area contributed by atoms with Crippen molar-refractivity contribution < 1.29 is 17.6 Å². The lowest BCUT2D eigenvalue weighted by Gasteiger charge is -2.33. The zero-order valence-electron chi connectivity index (χ0n) is 31.6. The number of rotatable bonds is 26. The predicted molar refractivity (Wildman–Crippen MR) is 209 cm³/mol. The van der Waals surface area contributed by atoms with E-state index in [0.29, 0.717) is 24.3 Å². The van der Waals surface area contributed by atoms with E-state index in [4.69, 9.17) is 8.85 Å². The quantitative estimate of drug-likeness (QED) is 0.0553. The molecule has 0 spiro atoms. The third kappa shape index (κ3) is 13.8. The number of unbranched alkanes of at least 4 members (excludes halogenated alkanes) is 12. The lowest BCUT2D eigenvalue weighted by molar-refractivity contribution is 0.325. The molecule has 0 saturated heterocycles. The smallest absolute Gasteiger partial charge is 0.225 e. The predicted octanol–water partition coefficient (Wildman–Crippen LogP) is 12.1. The van der Waals surface area contributed by atoms with Crippen LogP contribution in [0.2, 0.25) is 24.2 Å². The van der Waals surface area contributed by atoms with Gasteiger partial charge in [-0.15, -0.1) is 0 Å². The molecule has 0 unspecified atom stereocenters. The first kappa shape index (κ1) is 42.4. The van der Waals surface area contributed by atoms with Crippen molar-refractivity contribution in [2.75, 3.05) is 13.2 Å². The van der Waals surface area contributed by atoms with E-state index in [1.165, 1.54) is 77.0 Å². The average molecular weight is 699 g/mol. The van der Waals surface area contributed by atoms with Crippen LogP contribution in [0.15, 0.2) is 36.4 Å². The van der Waals surface area contributed by atoms with Crippen LogP contribution in [-0.4, -0.2) is 29.8 Å². The number of benzene rings is 2. The van der Waals surface area contributed by atoms with Crippen molar-refractivity contribution in [1.82, 2.24) is 0 Å². The van der Waals surface area contributed by atoms with E-state index < -0.39 is 16.6 Å². The van der Waals surface area contributed by atoms with Crippen LogP contribution in [0.1, 0.15) is 155 Å². The average Bonchev–Trinajstić information content (AvgIpc) is 3.08. The van der Waals surface area contributed by atoms with E-state index in [0.717, 1.165) is 60.2 Å². The zero-order chi connectivity index (χ0) is 35.1. The summed E-state index contributed by atoms with van der Waals surface area (Å²) in [5.41, 5.74) is 1.43. The molecule has 270 valence electrons. The van der Waals surface area contributed by atoms with Gasteiger partial charge in [-0.25, -0.2) is 8.78 Å². The second-order valence-electron chi connectivity index (χ2n) is 13.7. The van der Waals surface area contributed by atoms with Crippen molar-refractivity contribution in [2.45, 2.75) is 168 Å². The molecule has 0 fully saturated rings. The van der Waals surface area contributed by atoms with Gasteiger partial charge in [-0.05, 0) is 72.7 Å². The Kier molecular flexibility index (Phi) is 21.5. The van der Waals surface area contributed by atoms with Gasteiger partial charge in [-0.3, -0.25) is 0 Å². The topological polar surface area (TPSA) is 18.5 Å². The molecule has 0 N–H and O–H groups in total. The van der Waals surface area contributed by atoms with Gasteiger partial charge in [-0.1, -0.05) is 154 Å². The molecule has 0 amide bonds. The molecule has 0 atom stereocenters. The van der Waals surface area contributed by atoms with Crippen LogP contribution >= 0.6 is 0 Å². The van der Waals surface area contributed by atoms with Gasteiger partial charge in [0.05, 0.1) is 0 Å². The van der Waals surface area contributed by atoms with Gasteiger partial charge in [0.1, 0.15) is 11.6 Å². The molecule has 0 bridgehead atoms. The highest BCUT2D eigenvalue weighted by Gasteiger charge is 2.39. The second kappa shape index (κ2) is 24.4. The highest BCUT2D eigenvalue weighted by molar-refractivity contribution is 6.87. The van der Waals surface area contributed by atoms with Gasteiger partial charge in [0.2, 0.25) is 16.6 Å². The van der Waals surface area contributed by atoms with E-state index >= 15 is 8.78 Å². The summed E-state index contributed by atoms with van der Waals surface area (Å²) in [5, 5.41) is 2.22. The van der Waals surface area contributed by atoms with E-state index in [2.05, 4.69) is 53.4 Å². The zero-order valence-corrected chi connectivity index (χ0v) is 33.6. The third-order valence-electron chi connectivity index (χ3n) is 9.85. The molecule has 0 aliphatic carbocycles. The summed E-state index contributed by atoms with van der Waals surface area (Å²) in [5.74, 6) is 6.30. The summed E-state index contributed by atoms with van der Waals surface area (Å²) in [4.78, 5) is 0. The molecular weight excluding hydrogens is 631 g/mol. The Labute approximate surface area is 296 Å². The van der Waals surface area contributed by atoms with Crippen molar-refractivity contribution in [2.24, 2.45) is 0 Å². The fourth-order valence-corrected chi connectivity index (χ4v) is 16.2. The van der Waals surface area contributed by atoms with Crippen LogP contribution in [0.4, 0.5) is 8.78 Å². The van der Waals surface area contributed by atoms with E-state index in [1.54, 1.807) is 24.3 Å². The fraction of sp³-hybridized carbons (Fsp3) is 0.667. The van der Waals surface area contributed by atoms with Crippen molar-refractivity contribution in [3.8, 4) is 11.8 Å². The third-order valence-corrected chi connectivity index (χ3v) is 19.0. The van der Waals surface area contributed by atoms with E-state index in [9.17, 15) is 0 Å².